The fraction of sp³-hybridized carbons (Fsp3) is 0.318. The summed E-state index contributed by atoms with van der Waals surface area (Å²) in [6.07, 6.45) is 0.138. The van der Waals surface area contributed by atoms with E-state index < -0.39 is 30.4 Å². The van der Waals surface area contributed by atoms with E-state index in [9.17, 15) is 15.0 Å². The molecule has 5 N–H and O–H groups in total. The Morgan fingerprint density at radius 1 is 1.24 bits per heavy atom. The number of hydrogen-bond acceptors (Lipinski definition) is 9. The van der Waals surface area contributed by atoms with Crippen LogP contribution in [0.2, 0.25) is 0 Å². The van der Waals surface area contributed by atoms with E-state index in [-0.39, 0.29) is 5.82 Å². The Hall–Kier alpha value is -3.87. The minimum Gasteiger partial charge on any atom is -0.387 e. The lowest BCUT2D eigenvalue weighted by molar-refractivity contribution is -0.132. The Kier molecular flexibility index (Phi) is 5.48. The van der Waals surface area contributed by atoms with Gasteiger partial charge in [0.15, 0.2) is 12.3 Å². The molecule has 0 aromatic carbocycles. The number of nitrogens with one attached hydrogen (secondary N) is 1. The van der Waals surface area contributed by atoms with Crippen LogP contribution in [0.25, 0.3) is 22.3 Å². The second kappa shape index (κ2) is 8.48. The Morgan fingerprint density at radius 2 is 2.06 bits per heavy atom. The van der Waals surface area contributed by atoms with Gasteiger partial charge in [0.2, 0.25) is 0 Å². The smallest absolute Gasteiger partial charge is 0.257 e. The van der Waals surface area contributed by atoms with Crippen LogP contribution in [0.1, 0.15) is 18.8 Å². The first-order valence-corrected chi connectivity index (χ1v) is 10.8. The van der Waals surface area contributed by atoms with E-state index in [1.807, 2.05) is 13.0 Å². The molecule has 0 aliphatic carbocycles. The van der Waals surface area contributed by atoms with E-state index in [1.54, 1.807) is 42.3 Å². The molecule has 5 heterocycles. The monoisotopic (exact) mass is 464 g/mol. The van der Waals surface area contributed by atoms with Crippen molar-refractivity contribution in [2.24, 2.45) is 7.05 Å². The molecule has 0 radical (unpaired) electrons. The van der Waals surface area contributed by atoms with Gasteiger partial charge in [0, 0.05) is 30.7 Å². The van der Waals surface area contributed by atoms with Crippen LogP contribution in [-0.4, -0.2) is 63.7 Å². The van der Waals surface area contributed by atoms with Crippen molar-refractivity contribution >= 4 is 28.6 Å². The first kappa shape index (κ1) is 21.9. The minimum absolute atomic E-state index is 0.230. The molecule has 1 aliphatic rings. The van der Waals surface area contributed by atoms with Gasteiger partial charge in [-0.25, -0.2) is 15.0 Å². The van der Waals surface area contributed by atoms with E-state index in [1.165, 1.54) is 10.9 Å². The summed E-state index contributed by atoms with van der Waals surface area (Å²) in [7, 11) is 1.79. The quantitative estimate of drug-likeness (QED) is 0.331. The summed E-state index contributed by atoms with van der Waals surface area (Å²) < 4.78 is 9.04. The Morgan fingerprint density at radius 3 is 2.79 bits per heavy atom. The lowest BCUT2D eigenvalue weighted by atomic mass is 10.1. The van der Waals surface area contributed by atoms with Gasteiger partial charge in [-0.2, -0.15) is 5.10 Å². The van der Waals surface area contributed by atoms with Crippen LogP contribution in [0.15, 0.2) is 43.0 Å². The van der Waals surface area contributed by atoms with Gasteiger partial charge in [0.25, 0.3) is 5.91 Å². The second-order valence-corrected chi connectivity index (χ2v) is 8.07. The zero-order chi connectivity index (χ0) is 24.0. The van der Waals surface area contributed by atoms with Crippen LogP contribution in [0.5, 0.6) is 0 Å². The maximum atomic E-state index is 12.9. The van der Waals surface area contributed by atoms with Crippen molar-refractivity contribution in [3.05, 3.63) is 48.7 Å². The molecule has 0 unspecified atom stereocenters. The molecule has 176 valence electrons. The second-order valence-electron chi connectivity index (χ2n) is 8.07. The van der Waals surface area contributed by atoms with Crippen LogP contribution >= 0.6 is 0 Å². The van der Waals surface area contributed by atoms with Crippen LogP contribution < -0.4 is 11.1 Å². The number of nitrogens with two attached hydrogens (primary N) is 1. The lowest BCUT2D eigenvalue weighted by Gasteiger charge is -2.17. The number of pyridine rings is 1. The molecule has 4 aromatic rings. The zero-order valence-electron chi connectivity index (χ0n) is 18.5. The summed E-state index contributed by atoms with van der Waals surface area (Å²) in [5.41, 5.74) is 8.58. The average Bonchev–Trinajstić information content (AvgIpc) is 3.51. The number of aliphatic hydroxyl groups excluding tert-OH is 2. The highest BCUT2D eigenvalue weighted by molar-refractivity contribution is 6.00. The maximum Gasteiger partial charge on any atom is 0.257 e. The number of carbonyl (C=O) groups is 1. The maximum absolute atomic E-state index is 12.9. The zero-order valence-corrected chi connectivity index (χ0v) is 18.5. The average molecular weight is 464 g/mol. The Labute approximate surface area is 194 Å². The molecule has 1 fully saturated rings. The molecule has 12 nitrogen and oxygen atoms in total. The third kappa shape index (κ3) is 3.67. The van der Waals surface area contributed by atoms with Gasteiger partial charge in [-0.3, -0.25) is 9.48 Å². The fourth-order valence-corrected chi connectivity index (χ4v) is 4.10. The highest BCUT2D eigenvalue weighted by Crippen LogP contribution is 2.38. The van der Waals surface area contributed by atoms with Crippen molar-refractivity contribution in [1.82, 2.24) is 29.3 Å². The third-order valence-electron chi connectivity index (χ3n) is 5.82. The number of hydrogen-bond donors (Lipinski definition) is 4. The number of ether oxygens (including phenoxy) is 1. The van der Waals surface area contributed by atoms with Crippen LogP contribution in [0.3, 0.4) is 0 Å². The molecule has 1 amide bonds. The van der Waals surface area contributed by atoms with Crippen LogP contribution in [-0.2, 0) is 23.0 Å². The van der Waals surface area contributed by atoms with E-state index in [0.29, 0.717) is 34.5 Å². The fourth-order valence-electron chi connectivity index (χ4n) is 4.10. The van der Waals surface area contributed by atoms with Gasteiger partial charge < -0.3 is 30.6 Å². The normalized spacial score (nSPS) is 22.4. The molecule has 4 atom stereocenters. The number of rotatable bonds is 5. The number of anilines is 2. The molecule has 12 heteroatoms. The van der Waals surface area contributed by atoms with Gasteiger partial charge in [-0.05, 0) is 24.6 Å². The van der Waals surface area contributed by atoms with Crippen LogP contribution in [0.4, 0.5) is 11.6 Å². The van der Waals surface area contributed by atoms with Gasteiger partial charge in [0.1, 0.15) is 35.8 Å². The highest BCUT2D eigenvalue weighted by atomic mass is 16.6. The summed E-state index contributed by atoms with van der Waals surface area (Å²) in [6.45, 7) is 1.95. The Bertz CT molecular complexity index is 1370. The first-order chi connectivity index (χ1) is 16.4. The number of amides is 1. The number of aryl methyl sites for hydroxylation is 2. The summed E-state index contributed by atoms with van der Waals surface area (Å²) in [4.78, 5) is 25.6. The molecule has 0 spiro atoms. The standard InChI is InChI=1S/C22H24N8O4/c1-3-11-5-4-6-14(26-11)27-21(33)18-16(31)17(32)22(34-18)30-9-12(13-7-8-29(2)28-13)15-19(23)24-10-25-20(15)30/h4-10,16-18,22,31-32H,3H2,1-2H3,(H2,23,24,25)(H,26,27,33)/t16-,17+,18-,22+/m0/s1. The lowest BCUT2D eigenvalue weighted by Crippen LogP contribution is -2.39. The minimum atomic E-state index is -1.48. The van der Waals surface area contributed by atoms with Gasteiger partial charge >= 0.3 is 0 Å². The number of nitrogens with zero attached hydrogens (tertiary/aromatic N) is 6. The Balaban J connectivity index is 1.48. The van der Waals surface area contributed by atoms with E-state index in [0.717, 1.165) is 5.69 Å². The number of nitrogen functional groups attached to an aromatic ring is 1. The van der Waals surface area contributed by atoms with Gasteiger partial charge in [-0.15, -0.1) is 0 Å². The van der Waals surface area contributed by atoms with Crippen molar-refractivity contribution in [2.45, 2.75) is 37.9 Å². The SMILES string of the molecule is CCc1cccc(NC(=O)[C@H]2O[C@@H](n3cc(-c4ccn(C)n4)c4c(N)ncnc43)[C@H](O)[C@@H]2O)n1. The van der Waals surface area contributed by atoms with Gasteiger partial charge in [-0.1, -0.05) is 13.0 Å². The molecule has 0 bridgehead atoms. The van der Waals surface area contributed by atoms with E-state index in [2.05, 4.69) is 25.4 Å². The summed E-state index contributed by atoms with van der Waals surface area (Å²) >= 11 is 0. The molecular formula is C22H24N8O4. The molecule has 5 rings (SSSR count). The van der Waals surface area contributed by atoms with E-state index in [4.69, 9.17) is 10.5 Å². The van der Waals surface area contributed by atoms with Crippen LogP contribution in [0, 0.1) is 0 Å². The number of fused-ring (bicyclic) bond motifs is 1. The molecular weight excluding hydrogens is 440 g/mol. The van der Waals surface area contributed by atoms with E-state index >= 15 is 0 Å². The first-order valence-electron chi connectivity index (χ1n) is 10.8. The van der Waals surface area contributed by atoms with Crippen molar-refractivity contribution in [3.63, 3.8) is 0 Å². The summed E-state index contributed by atoms with van der Waals surface area (Å²) in [6, 6.07) is 7.07. The molecule has 4 aromatic heterocycles. The van der Waals surface area contributed by atoms with Crippen molar-refractivity contribution < 1.29 is 19.7 Å². The van der Waals surface area contributed by atoms with Crippen molar-refractivity contribution in [1.29, 1.82) is 0 Å². The van der Waals surface area contributed by atoms with Crippen molar-refractivity contribution in [2.75, 3.05) is 11.1 Å². The number of carbonyl (C=O) groups excluding carboxylic acids is 1. The highest BCUT2D eigenvalue weighted by Gasteiger charge is 2.48. The van der Waals surface area contributed by atoms with Gasteiger partial charge in [0.05, 0.1) is 11.1 Å². The number of aliphatic hydroxyl groups is 2. The predicted octanol–water partition coefficient (Wildman–Crippen LogP) is 0.629. The topological polar surface area (TPSA) is 166 Å². The molecule has 34 heavy (non-hydrogen) atoms. The molecule has 1 aliphatic heterocycles. The summed E-state index contributed by atoms with van der Waals surface area (Å²) in [5, 5.41) is 29.0. The molecule has 0 saturated carbocycles. The molecule has 1 saturated heterocycles. The van der Waals surface area contributed by atoms with Crippen molar-refractivity contribution in [3.8, 4) is 11.3 Å². The largest absolute Gasteiger partial charge is 0.387 e. The summed E-state index contributed by atoms with van der Waals surface area (Å²) in [5.74, 6) is -0.0542. The third-order valence-corrected chi connectivity index (χ3v) is 5.82. The predicted molar refractivity (Wildman–Crippen MR) is 122 cm³/mol. The number of aromatic nitrogens is 6.